The molecule has 0 aliphatic heterocycles. The third-order valence-corrected chi connectivity index (χ3v) is 6.45. The van der Waals surface area contributed by atoms with Crippen LogP contribution in [0, 0.1) is 16.7 Å². The molecule has 5 nitrogen and oxygen atoms in total. The van der Waals surface area contributed by atoms with E-state index < -0.39 is 29.8 Å². The zero-order valence-electron chi connectivity index (χ0n) is 15.0. The highest BCUT2D eigenvalue weighted by Gasteiger charge is 2.60. The molecule has 2 saturated carbocycles. The minimum Gasteiger partial charge on any atom is -0.305 e. The maximum absolute atomic E-state index is 12.8. The fraction of sp³-hybridized carbons (Fsp3) is 0.611. The number of carbonyl (C=O) groups excluding carboxylic acids is 1. The van der Waals surface area contributed by atoms with Crippen LogP contribution in [0.5, 0.6) is 0 Å². The Hall–Kier alpha value is -2.12. The lowest BCUT2D eigenvalue weighted by Gasteiger charge is -2.34. The minimum absolute atomic E-state index is 0.0853. The first-order valence-electron chi connectivity index (χ1n) is 8.59. The summed E-state index contributed by atoms with van der Waals surface area (Å²) in [6, 6.07) is 1.51. The molecule has 2 bridgehead atoms. The number of hydrogen-bond acceptors (Lipinski definition) is 3. The summed E-state index contributed by atoms with van der Waals surface area (Å²) in [4.78, 5) is 23.8. The number of aromatic nitrogens is 1. The summed E-state index contributed by atoms with van der Waals surface area (Å²) in [5, 5.41) is 4.25. The number of nitrogens with zero attached hydrogens (tertiary/aromatic N) is 2. The third kappa shape index (κ3) is 2.95. The van der Waals surface area contributed by atoms with Crippen molar-refractivity contribution < 1.29 is 18.0 Å². The predicted octanol–water partition coefficient (Wildman–Crippen LogP) is 3.19. The van der Waals surface area contributed by atoms with Crippen LogP contribution >= 0.6 is 0 Å². The highest BCUT2D eigenvalue weighted by Crippen LogP contribution is 2.63. The van der Waals surface area contributed by atoms with Gasteiger partial charge in [0.15, 0.2) is 0 Å². The lowest BCUT2D eigenvalue weighted by atomic mass is 9.70. The van der Waals surface area contributed by atoms with Crippen molar-refractivity contribution in [2.75, 3.05) is 0 Å². The fourth-order valence-corrected chi connectivity index (χ4v) is 4.24. The molecule has 2 fully saturated rings. The van der Waals surface area contributed by atoms with Crippen LogP contribution in [0.3, 0.4) is 0 Å². The highest BCUT2D eigenvalue weighted by molar-refractivity contribution is 5.95. The second kappa shape index (κ2) is 5.96. The van der Waals surface area contributed by atoms with E-state index in [0.29, 0.717) is 18.2 Å². The van der Waals surface area contributed by atoms with Gasteiger partial charge in [-0.25, -0.2) is 5.43 Å². The average Bonchev–Trinajstić information content (AvgIpc) is 2.87. The molecule has 1 aromatic rings. The first-order chi connectivity index (χ1) is 11.9. The minimum atomic E-state index is -4.57. The van der Waals surface area contributed by atoms with E-state index in [1.165, 1.54) is 0 Å². The number of halogens is 3. The van der Waals surface area contributed by atoms with Crippen LogP contribution in [0.15, 0.2) is 28.2 Å². The third-order valence-electron chi connectivity index (χ3n) is 6.45. The molecular formula is C18H22F3N3O2. The van der Waals surface area contributed by atoms with Gasteiger partial charge in [0.2, 0.25) is 0 Å². The van der Waals surface area contributed by atoms with Gasteiger partial charge in [0.25, 0.3) is 11.5 Å². The first-order valence-corrected chi connectivity index (χ1v) is 8.59. The number of hydrogen-bond donors (Lipinski definition) is 1. The Morgan fingerprint density at radius 3 is 2.58 bits per heavy atom. The Bertz CT molecular complexity index is 826. The van der Waals surface area contributed by atoms with E-state index in [1.54, 1.807) is 0 Å². The maximum atomic E-state index is 12.8. The molecule has 0 spiro atoms. The van der Waals surface area contributed by atoms with Crippen LogP contribution in [0.4, 0.5) is 13.2 Å². The Labute approximate surface area is 149 Å². The summed E-state index contributed by atoms with van der Waals surface area (Å²) in [5.74, 6) is -0.0997. The monoisotopic (exact) mass is 369 g/mol. The van der Waals surface area contributed by atoms with E-state index in [9.17, 15) is 22.8 Å². The largest absolute Gasteiger partial charge is 0.417 e. The molecular weight excluding hydrogens is 347 g/mol. The Morgan fingerprint density at radius 2 is 2.04 bits per heavy atom. The number of amides is 1. The van der Waals surface area contributed by atoms with Crippen molar-refractivity contribution in [1.82, 2.24) is 9.99 Å². The number of pyridine rings is 1. The number of carbonyl (C=O) groups is 1. The van der Waals surface area contributed by atoms with Gasteiger partial charge in [0.05, 0.1) is 5.56 Å². The summed E-state index contributed by atoms with van der Waals surface area (Å²) < 4.78 is 39.0. The fourth-order valence-electron chi connectivity index (χ4n) is 4.24. The molecule has 142 valence electrons. The number of fused-ring (bicyclic) bond motifs is 2. The molecule has 1 heterocycles. The summed E-state index contributed by atoms with van der Waals surface area (Å²) >= 11 is 0. The van der Waals surface area contributed by atoms with Crippen molar-refractivity contribution in [3.8, 4) is 0 Å². The van der Waals surface area contributed by atoms with Crippen molar-refractivity contribution in [2.24, 2.45) is 21.8 Å². The van der Waals surface area contributed by atoms with Gasteiger partial charge in [0, 0.05) is 23.4 Å². The standard InChI is InChI=1S/C18H22F3N3O2/c1-16(2)11-6-7-17(16,3)13(8-11)22-23-14(25)10-24-9-12(18(19,20)21)4-5-15(24)26/h4-5,9,11H,6-8,10H2,1-3H3,(H,23,25)/b22-13-. The molecule has 1 aromatic heterocycles. The normalized spacial score (nSPS) is 28.5. The van der Waals surface area contributed by atoms with Crippen molar-refractivity contribution >= 4 is 11.6 Å². The summed E-state index contributed by atoms with van der Waals surface area (Å²) in [6.45, 7) is 6.04. The molecule has 0 saturated heterocycles. The van der Waals surface area contributed by atoms with E-state index in [1.807, 2.05) is 0 Å². The van der Waals surface area contributed by atoms with Crippen molar-refractivity contribution in [3.05, 3.63) is 34.2 Å². The molecule has 2 atom stereocenters. The van der Waals surface area contributed by atoms with Crippen LogP contribution in [0.1, 0.15) is 45.6 Å². The van der Waals surface area contributed by atoms with E-state index in [-0.39, 0.29) is 10.8 Å². The number of rotatable bonds is 3. The van der Waals surface area contributed by atoms with E-state index in [4.69, 9.17) is 0 Å². The van der Waals surface area contributed by atoms with Crippen LogP contribution in [0.2, 0.25) is 0 Å². The molecule has 2 aliphatic rings. The van der Waals surface area contributed by atoms with Crippen LogP contribution in [0.25, 0.3) is 0 Å². The van der Waals surface area contributed by atoms with Crippen molar-refractivity contribution in [2.45, 2.75) is 52.8 Å². The van der Waals surface area contributed by atoms with Gasteiger partial charge in [-0.05, 0) is 36.7 Å². The van der Waals surface area contributed by atoms with Crippen molar-refractivity contribution in [1.29, 1.82) is 0 Å². The molecule has 26 heavy (non-hydrogen) atoms. The summed E-state index contributed by atoms with van der Waals surface area (Å²) in [5.41, 5.74) is 1.71. The average molecular weight is 369 g/mol. The molecule has 3 rings (SSSR count). The summed E-state index contributed by atoms with van der Waals surface area (Å²) in [6.07, 6.45) is -0.970. The zero-order valence-corrected chi connectivity index (χ0v) is 15.0. The topological polar surface area (TPSA) is 63.5 Å². The van der Waals surface area contributed by atoms with Gasteiger partial charge < -0.3 is 4.57 Å². The molecule has 0 radical (unpaired) electrons. The second-order valence-electron chi connectivity index (χ2n) is 7.97. The lowest BCUT2D eigenvalue weighted by Crippen LogP contribution is -2.35. The lowest BCUT2D eigenvalue weighted by molar-refractivity contribution is -0.138. The van der Waals surface area contributed by atoms with Gasteiger partial charge >= 0.3 is 6.18 Å². The molecule has 1 amide bonds. The smallest absolute Gasteiger partial charge is 0.305 e. The molecule has 2 unspecified atom stereocenters. The van der Waals surface area contributed by atoms with Gasteiger partial charge in [0.1, 0.15) is 6.54 Å². The van der Waals surface area contributed by atoms with Gasteiger partial charge in [-0.2, -0.15) is 18.3 Å². The van der Waals surface area contributed by atoms with Crippen LogP contribution in [-0.2, 0) is 17.5 Å². The second-order valence-corrected chi connectivity index (χ2v) is 7.97. The number of hydrazone groups is 1. The highest BCUT2D eigenvalue weighted by atomic mass is 19.4. The van der Waals surface area contributed by atoms with Crippen LogP contribution < -0.4 is 11.0 Å². The predicted molar refractivity (Wildman–Crippen MR) is 90.5 cm³/mol. The quantitative estimate of drug-likeness (QED) is 0.832. The zero-order chi connectivity index (χ0) is 19.3. The van der Waals surface area contributed by atoms with E-state index in [2.05, 4.69) is 31.3 Å². The number of alkyl halides is 3. The first kappa shape index (κ1) is 18.7. The van der Waals surface area contributed by atoms with Gasteiger partial charge in [-0.15, -0.1) is 0 Å². The molecule has 2 aliphatic carbocycles. The molecule has 8 heteroatoms. The Kier molecular flexibility index (Phi) is 4.28. The maximum Gasteiger partial charge on any atom is 0.417 e. The van der Waals surface area contributed by atoms with Gasteiger partial charge in [-0.1, -0.05) is 20.8 Å². The SMILES string of the molecule is CC12CCC(C/C1=N/NC(=O)Cn1cc(C(F)(F)F)ccc1=O)C2(C)C. The Balaban J connectivity index is 1.72. The number of nitrogens with one attached hydrogen (secondary N) is 1. The van der Waals surface area contributed by atoms with E-state index in [0.717, 1.165) is 35.6 Å². The van der Waals surface area contributed by atoms with Crippen molar-refractivity contribution in [3.63, 3.8) is 0 Å². The Morgan fingerprint density at radius 1 is 1.35 bits per heavy atom. The van der Waals surface area contributed by atoms with Gasteiger partial charge in [-0.3, -0.25) is 9.59 Å². The molecule has 0 aromatic carbocycles. The van der Waals surface area contributed by atoms with E-state index >= 15 is 0 Å². The van der Waals surface area contributed by atoms with Crippen LogP contribution in [-0.4, -0.2) is 16.2 Å². The molecule has 1 N–H and O–H groups in total. The summed E-state index contributed by atoms with van der Waals surface area (Å²) in [7, 11) is 0.